The molecule has 0 saturated carbocycles. The van der Waals surface area contributed by atoms with Crippen molar-refractivity contribution in [3.8, 4) is 0 Å². The van der Waals surface area contributed by atoms with E-state index in [-0.39, 0.29) is 11.9 Å². The number of nitrogens with one attached hydrogen (secondary N) is 1. The fourth-order valence-corrected chi connectivity index (χ4v) is 2.58. The molecule has 0 aliphatic rings. The molecule has 1 aromatic carbocycles. The Hall–Kier alpha value is -1.55. The van der Waals surface area contributed by atoms with Crippen LogP contribution in [0.5, 0.6) is 0 Å². The van der Waals surface area contributed by atoms with Crippen molar-refractivity contribution in [2.45, 2.75) is 39.7 Å². The summed E-state index contributed by atoms with van der Waals surface area (Å²) >= 11 is 0. The number of hydrogen-bond acceptors (Lipinski definition) is 3. The molecule has 118 valence electrons. The number of methoxy groups -OCH3 is 1. The monoisotopic (exact) mass is 292 g/mol. The number of amides is 1. The molecule has 1 N–H and O–H groups in total. The largest absolute Gasteiger partial charge is 0.387 e. The SMILES string of the molecule is CCC(CC)N(CCOC)C(=O)c1cc(C)ccc1NC. The lowest BCUT2D eigenvalue weighted by molar-refractivity contribution is 0.0590. The average molecular weight is 292 g/mol. The minimum Gasteiger partial charge on any atom is -0.387 e. The zero-order valence-electron chi connectivity index (χ0n) is 13.9. The van der Waals surface area contributed by atoms with Crippen LogP contribution in [-0.4, -0.2) is 44.2 Å². The molecule has 4 nitrogen and oxygen atoms in total. The van der Waals surface area contributed by atoms with Crippen LogP contribution in [0.2, 0.25) is 0 Å². The summed E-state index contributed by atoms with van der Waals surface area (Å²) in [4.78, 5) is 14.9. The van der Waals surface area contributed by atoms with E-state index in [2.05, 4.69) is 19.2 Å². The van der Waals surface area contributed by atoms with E-state index < -0.39 is 0 Å². The van der Waals surface area contributed by atoms with Crippen molar-refractivity contribution in [3.05, 3.63) is 29.3 Å². The van der Waals surface area contributed by atoms with Gasteiger partial charge in [-0.15, -0.1) is 0 Å². The normalized spacial score (nSPS) is 10.8. The lowest BCUT2D eigenvalue weighted by Crippen LogP contribution is -2.42. The van der Waals surface area contributed by atoms with Gasteiger partial charge in [0.2, 0.25) is 0 Å². The first-order valence-corrected chi connectivity index (χ1v) is 7.67. The third kappa shape index (κ3) is 4.46. The standard InChI is InChI=1S/C17H28N2O2/c1-6-14(7-2)19(10-11-21-5)17(20)15-12-13(3)8-9-16(15)18-4/h8-9,12,14,18H,6-7,10-11H2,1-5H3. The van der Waals surface area contributed by atoms with Gasteiger partial charge in [-0.1, -0.05) is 25.5 Å². The third-order valence-corrected chi connectivity index (χ3v) is 3.86. The van der Waals surface area contributed by atoms with Crippen molar-refractivity contribution in [1.82, 2.24) is 4.90 Å². The second-order valence-electron chi connectivity index (χ2n) is 5.26. The Morgan fingerprint density at radius 3 is 2.52 bits per heavy atom. The number of carbonyl (C=O) groups excluding carboxylic acids is 1. The predicted molar refractivity (Wildman–Crippen MR) is 88.0 cm³/mol. The van der Waals surface area contributed by atoms with E-state index in [1.54, 1.807) is 7.11 Å². The zero-order valence-corrected chi connectivity index (χ0v) is 13.9. The Morgan fingerprint density at radius 2 is 2.00 bits per heavy atom. The van der Waals surface area contributed by atoms with Crippen molar-refractivity contribution in [1.29, 1.82) is 0 Å². The highest BCUT2D eigenvalue weighted by Crippen LogP contribution is 2.21. The Balaban J connectivity index is 3.11. The van der Waals surface area contributed by atoms with E-state index in [0.29, 0.717) is 13.2 Å². The van der Waals surface area contributed by atoms with Gasteiger partial charge in [-0.25, -0.2) is 0 Å². The molecule has 0 bridgehead atoms. The number of ether oxygens (including phenoxy) is 1. The van der Waals surface area contributed by atoms with Gasteiger partial charge in [-0.05, 0) is 31.9 Å². The highest BCUT2D eigenvalue weighted by molar-refractivity contribution is 6.00. The molecule has 1 aromatic rings. The molecule has 0 heterocycles. The molecule has 0 unspecified atom stereocenters. The van der Waals surface area contributed by atoms with Crippen LogP contribution >= 0.6 is 0 Å². The van der Waals surface area contributed by atoms with Gasteiger partial charge in [0.1, 0.15) is 0 Å². The molecule has 0 saturated heterocycles. The number of aryl methyl sites for hydroxylation is 1. The number of benzene rings is 1. The highest BCUT2D eigenvalue weighted by atomic mass is 16.5. The maximum Gasteiger partial charge on any atom is 0.256 e. The minimum absolute atomic E-state index is 0.0776. The van der Waals surface area contributed by atoms with Crippen LogP contribution in [-0.2, 0) is 4.74 Å². The molecule has 21 heavy (non-hydrogen) atoms. The smallest absolute Gasteiger partial charge is 0.256 e. The Labute approximate surface area is 128 Å². The summed E-state index contributed by atoms with van der Waals surface area (Å²) in [6.45, 7) is 7.43. The molecule has 0 aliphatic heterocycles. The van der Waals surface area contributed by atoms with Crippen LogP contribution < -0.4 is 5.32 Å². The van der Waals surface area contributed by atoms with E-state index in [1.165, 1.54) is 0 Å². The molecule has 4 heteroatoms. The van der Waals surface area contributed by atoms with Crippen LogP contribution in [0.25, 0.3) is 0 Å². The van der Waals surface area contributed by atoms with E-state index >= 15 is 0 Å². The van der Waals surface area contributed by atoms with Crippen LogP contribution in [0, 0.1) is 6.92 Å². The summed E-state index contributed by atoms with van der Waals surface area (Å²) in [5.41, 5.74) is 2.70. The summed E-state index contributed by atoms with van der Waals surface area (Å²) in [7, 11) is 3.51. The Morgan fingerprint density at radius 1 is 1.33 bits per heavy atom. The van der Waals surface area contributed by atoms with Gasteiger partial charge < -0.3 is 15.0 Å². The van der Waals surface area contributed by atoms with E-state index in [4.69, 9.17) is 4.74 Å². The fourth-order valence-electron chi connectivity index (χ4n) is 2.58. The quantitative estimate of drug-likeness (QED) is 0.799. The second-order valence-corrected chi connectivity index (χ2v) is 5.26. The van der Waals surface area contributed by atoms with Crippen LogP contribution in [0.15, 0.2) is 18.2 Å². The van der Waals surface area contributed by atoms with E-state index in [1.807, 2.05) is 37.1 Å². The summed E-state index contributed by atoms with van der Waals surface area (Å²) < 4.78 is 5.17. The second kappa shape index (κ2) is 8.67. The van der Waals surface area contributed by atoms with Crippen molar-refractivity contribution >= 4 is 11.6 Å². The van der Waals surface area contributed by atoms with Gasteiger partial charge in [-0.2, -0.15) is 0 Å². The fraction of sp³-hybridized carbons (Fsp3) is 0.588. The molecule has 0 radical (unpaired) electrons. The molecule has 1 rings (SSSR count). The summed E-state index contributed by atoms with van der Waals surface area (Å²) in [6.07, 6.45) is 1.90. The first kappa shape index (κ1) is 17.5. The van der Waals surface area contributed by atoms with Gasteiger partial charge in [0.25, 0.3) is 5.91 Å². The molecule has 0 spiro atoms. The number of carbonyl (C=O) groups is 1. The van der Waals surface area contributed by atoms with Gasteiger partial charge in [-0.3, -0.25) is 4.79 Å². The summed E-state index contributed by atoms with van der Waals surface area (Å²) in [5, 5.41) is 3.11. The number of hydrogen-bond donors (Lipinski definition) is 1. The van der Waals surface area contributed by atoms with Crippen LogP contribution in [0.4, 0.5) is 5.69 Å². The van der Waals surface area contributed by atoms with Crippen molar-refractivity contribution < 1.29 is 9.53 Å². The lowest BCUT2D eigenvalue weighted by atomic mass is 10.0. The zero-order chi connectivity index (χ0) is 15.8. The van der Waals surface area contributed by atoms with Gasteiger partial charge in [0, 0.05) is 32.4 Å². The third-order valence-electron chi connectivity index (χ3n) is 3.86. The molecule has 0 atom stereocenters. The summed E-state index contributed by atoms with van der Waals surface area (Å²) in [6, 6.07) is 6.18. The van der Waals surface area contributed by atoms with Crippen LogP contribution in [0.1, 0.15) is 42.6 Å². The number of nitrogens with zero attached hydrogens (tertiary/aromatic N) is 1. The Bertz CT molecular complexity index is 456. The van der Waals surface area contributed by atoms with E-state index in [0.717, 1.165) is 29.7 Å². The highest BCUT2D eigenvalue weighted by Gasteiger charge is 2.24. The minimum atomic E-state index is 0.0776. The van der Waals surface area contributed by atoms with Crippen molar-refractivity contribution in [3.63, 3.8) is 0 Å². The topological polar surface area (TPSA) is 41.6 Å². The van der Waals surface area contributed by atoms with Gasteiger partial charge in [0.05, 0.1) is 12.2 Å². The molecule has 1 amide bonds. The first-order valence-electron chi connectivity index (χ1n) is 7.67. The molecule has 0 aromatic heterocycles. The van der Waals surface area contributed by atoms with Crippen LogP contribution in [0.3, 0.4) is 0 Å². The van der Waals surface area contributed by atoms with Gasteiger partial charge >= 0.3 is 0 Å². The van der Waals surface area contributed by atoms with Crippen molar-refractivity contribution in [2.75, 3.05) is 32.6 Å². The molecule has 0 aliphatic carbocycles. The maximum absolute atomic E-state index is 13.0. The van der Waals surface area contributed by atoms with Gasteiger partial charge in [0.15, 0.2) is 0 Å². The Kier molecular flexibility index (Phi) is 7.23. The van der Waals surface area contributed by atoms with E-state index in [9.17, 15) is 4.79 Å². The maximum atomic E-state index is 13.0. The number of rotatable bonds is 8. The summed E-state index contributed by atoms with van der Waals surface area (Å²) in [5.74, 6) is 0.0776. The van der Waals surface area contributed by atoms with Crippen molar-refractivity contribution in [2.24, 2.45) is 0 Å². The first-order chi connectivity index (χ1) is 10.1. The molecule has 0 fully saturated rings. The average Bonchev–Trinajstić information content (AvgIpc) is 2.50. The number of anilines is 1. The predicted octanol–water partition coefficient (Wildman–Crippen LogP) is 3.31. The molecular formula is C17H28N2O2. The molecular weight excluding hydrogens is 264 g/mol. The lowest BCUT2D eigenvalue weighted by Gasteiger charge is -2.31.